The van der Waals surface area contributed by atoms with Gasteiger partial charge in [-0.15, -0.1) is 0 Å². The molecule has 0 aliphatic rings. The minimum Gasteiger partial charge on any atom is -0.478 e. The van der Waals surface area contributed by atoms with E-state index in [1.54, 1.807) is 18.2 Å². The summed E-state index contributed by atoms with van der Waals surface area (Å²) in [7, 11) is 0. The molecule has 82 valence electrons. The summed E-state index contributed by atoms with van der Waals surface area (Å²) in [5.41, 5.74) is 1.15. The molecule has 1 aromatic rings. The molecule has 0 heterocycles. The molecular weight excluding hydrogens is 228 g/mol. The van der Waals surface area contributed by atoms with Crippen molar-refractivity contribution >= 4 is 23.3 Å². The molecule has 0 saturated heterocycles. The van der Waals surface area contributed by atoms with E-state index in [1.807, 2.05) is 6.07 Å². The predicted molar refractivity (Wildman–Crippen MR) is 61.4 cm³/mol. The van der Waals surface area contributed by atoms with E-state index in [2.05, 4.69) is 5.32 Å². The van der Waals surface area contributed by atoms with Gasteiger partial charge in [-0.25, -0.2) is 4.79 Å². The Balaban J connectivity index is 2.62. The largest absolute Gasteiger partial charge is 0.478 e. The second-order valence-corrected chi connectivity index (χ2v) is 3.34. The maximum absolute atomic E-state index is 10.2. The average molecular weight is 237 g/mol. The normalized spacial score (nSPS) is 10.0. The summed E-state index contributed by atoms with van der Waals surface area (Å²) >= 11 is 5.90. The number of hydrogen-bond donors (Lipinski definition) is 2. The maximum atomic E-state index is 10.2. The van der Waals surface area contributed by atoms with Crippen molar-refractivity contribution in [3.8, 4) is 6.07 Å². The van der Waals surface area contributed by atoms with Crippen molar-refractivity contribution in [3.63, 3.8) is 0 Å². The van der Waals surface area contributed by atoms with Crippen LogP contribution in [-0.2, 0) is 4.79 Å². The van der Waals surface area contributed by atoms with Gasteiger partial charge in [-0.3, -0.25) is 0 Å². The Bertz CT molecular complexity index is 464. The van der Waals surface area contributed by atoms with Crippen LogP contribution in [0.4, 0.5) is 5.69 Å². The molecule has 0 bridgehead atoms. The molecule has 0 saturated carbocycles. The number of benzene rings is 1. The average Bonchev–Trinajstić information content (AvgIpc) is 2.25. The molecule has 5 heteroatoms. The molecule has 0 aromatic heterocycles. The molecular formula is C11H9ClN2O2. The van der Waals surface area contributed by atoms with E-state index in [9.17, 15) is 4.79 Å². The monoisotopic (exact) mass is 236 g/mol. The van der Waals surface area contributed by atoms with E-state index in [0.29, 0.717) is 22.8 Å². The summed E-state index contributed by atoms with van der Waals surface area (Å²) in [6.07, 6.45) is 2.52. The Labute approximate surface area is 97.8 Å². The highest BCUT2D eigenvalue weighted by Gasteiger charge is 1.99. The van der Waals surface area contributed by atoms with Crippen LogP contribution in [0.1, 0.15) is 5.56 Å². The van der Waals surface area contributed by atoms with Gasteiger partial charge >= 0.3 is 5.97 Å². The molecule has 0 spiro atoms. The van der Waals surface area contributed by atoms with Crippen LogP contribution < -0.4 is 5.32 Å². The molecule has 0 radical (unpaired) electrons. The van der Waals surface area contributed by atoms with Gasteiger partial charge in [-0.05, 0) is 18.2 Å². The summed E-state index contributed by atoms with van der Waals surface area (Å²) in [5, 5.41) is 20.3. The fourth-order valence-corrected chi connectivity index (χ4v) is 1.30. The number of nitriles is 1. The highest BCUT2D eigenvalue weighted by atomic mass is 35.5. The number of carbonyl (C=O) groups is 1. The van der Waals surface area contributed by atoms with Crippen LogP contribution >= 0.6 is 11.6 Å². The number of carboxylic acids is 1. The number of aliphatic carboxylic acids is 1. The van der Waals surface area contributed by atoms with Gasteiger partial charge < -0.3 is 10.4 Å². The lowest BCUT2D eigenvalue weighted by Gasteiger charge is -2.05. The minimum absolute atomic E-state index is 0.359. The molecule has 2 N–H and O–H groups in total. The molecule has 1 aromatic carbocycles. The van der Waals surface area contributed by atoms with Crippen LogP contribution in [0.3, 0.4) is 0 Å². The van der Waals surface area contributed by atoms with E-state index in [-0.39, 0.29) is 0 Å². The van der Waals surface area contributed by atoms with Crippen LogP contribution in [0.2, 0.25) is 5.02 Å². The van der Waals surface area contributed by atoms with Gasteiger partial charge in [-0.2, -0.15) is 5.26 Å². The van der Waals surface area contributed by atoms with Crippen LogP contribution in [0.5, 0.6) is 0 Å². The van der Waals surface area contributed by atoms with Gasteiger partial charge in [0.05, 0.1) is 22.3 Å². The molecule has 0 atom stereocenters. The van der Waals surface area contributed by atoms with Crippen molar-refractivity contribution in [1.29, 1.82) is 5.26 Å². The van der Waals surface area contributed by atoms with Gasteiger partial charge in [0.25, 0.3) is 0 Å². The van der Waals surface area contributed by atoms with Crippen molar-refractivity contribution in [3.05, 3.63) is 40.9 Å². The Kier molecular flexibility index (Phi) is 4.37. The van der Waals surface area contributed by atoms with E-state index in [4.69, 9.17) is 22.0 Å². The highest BCUT2D eigenvalue weighted by molar-refractivity contribution is 6.33. The molecule has 0 aliphatic carbocycles. The van der Waals surface area contributed by atoms with Crippen molar-refractivity contribution in [1.82, 2.24) is 0 Å². The smallest absolute Gasteiger partial charge is 0.328 e. The molecule has 0 amide bonds. The van der Waals surface area contributed by atoms with Gasteiger partial charge in [0.1, 0.15) is 0 Å². The van der Waals surface area contributed by atoms with Gasteiger partial charge in [0, 0.05) is 12.6 Å². The number of rotatable bonds is 4. The zero-order valence-corrected chi connectivity index (χ0v) is 9.03. The number of anilines is 1. The molecule has 1 rings (SSSR count). The molecule has 0 unspecified atom stereocenters. The fraction of sp³-hybridized carbons (Fsp3) is 0.0909. The third-order valence-electron chi connectivity index (χ3n) is 1.77. The van der Waals surface area contributed by atoms with Crippen molar-refractivity contribution in [2.75, 3.05) is 11.9 Å². The Morgan fingerprint density at radius 1 is 1.62 bits per heavy atom. The first-order chi connectivity index (χ1) is 7.63. The summed E-state index contributed by atoms with van der Waals surface area (Å²) in [6.45, 7) is 0.359. The predicted octanol–water partition coefficient (Wildman–Crippen LogP) is 2.26. The second-order valence-electron chi connectivity index (χ2n) is 2.93. The lowest BCUT2D eigenvalue weighted by molar-refractivity contribution is -0.131. The molecule has 4 nitrogen and oxygen atoms in total. The third kappa shape index (κ3) is 3.64. The summed E-state index contributed by atoms with van der Waals surface area (Å²) in [4.78, 5) is 10.2. The van der Waals surface area contributed by atoms with Crippen molar-refractivity contribution in [2.24, 2.45) is 0 Å². The van der Waals surface area contributed by atoms with Crippen LogP contribution in [0, 0.1) is 11.3 Å². The summed E-state index contributed by atoms with van der Waals surface area (Å²) < 4.78 is 0. The minimum atomic E-state index is -0.993. The van der Waals surface area contributed by atoms with Crippen LogP contribution in [0.25, 0.3) is 0 Å². The third-order valence-corrected chi connectivity index (χ3v) is 2.08. The number of hydrogen-bond acceptors (Lipinski definition) is 3. The van der Waals surface area contributed by atoms with E-state index in [0.717, 1.165) is 6.08 Å². The first-order valence-electron chi connectivity index (χ1n) is 4.46. The summed E-state index contributed by atoms with van der Waals surface area (Å²) in [5.74, 6) is -0.993. The SMILES string of the molecule is N#Cc1ccc(NC/C=C/C(=O)O)c(Cl)c1. The van der Waals surface area contributed by atoms with Gasteiger partial charge in [-0.1, -0.05) is 17.7 Å². The Hall–Kier alpha value is -1.99. The number of halogens is 1. The van der Waals surface area contributed by atoms with E-state index < -0.39 is 5.97 Å². The lowest BCUT2D eigenvalue weighted by Crippen LogP contribution is -2.00. The first kappa shape index (κ1) is 12.1. The van der Waals surface area contributed by atoms with Crippen molar-refractivity contribution in [2.45, 2.75) is 0 Å². The maximum Gasteiger partial charge on any atom is 0.328 e. The standard InChI is InChI=1S/C11H9ClN2O2/c12-9-6-8(7-13)3-4-10(9)14-5-1-2-11(15)16/h1-4,6,14H,5H2,(H,15,16)/b2-1+. The van der Waals surface area contributed by atoms with Crippen LogP contribution in [0.15, 0.2) is 30.4 Å². The van der Waals surface area contributed by atoms with Crippen LogP contribution in [-0.4, -0.2) is 17.6 Å². The summed E-state index contributed by atoms with van der Waals surface area (Å²) in [6, 6.07) is 6.83. The number of nitrogens with zero attached hydrogens (tertiary/aromatic N) is 1. The molecule has 0 aliphatic heterocycles. The first-order valence-corrected chi connectivity index (χ1v) is 4.84. The number of nitrogens with one attached hydrogen (secondary N) is 1. The zero-order chi connectivity index (χ0) is 12.0. The van der Waals surface area contributed by atoms with Crippen molar-refractivity contribution < 1.29 is 9.90 Å². The second kappa shape index (κ2) is 5.79. The molecule has 0 fully saturated rings. The van der Waals surface area contributed by atoms with E-state index >= 15 is 0 Å². The molecule has 16 heavy (non-hydrogen) atoms. The van der Waals surface area contributed by atoms with E-state index in [1.165, 1.54) is 6.08 Å². The highest BCUT2D eigenvalue weighted by Crippen LogP contribution is 2.22. The number of carboxylic acid groups (broad SMARTS) is 1. The fourth-order valence-electron chi connectivity index (χ4n) is 1.06. The van der Waals surface area contributed by atoms with Gasteiger partial charge in [0.15, 0.2) is 0 Å². The quantitative estimate of drug-likeness (QED) is 0.787. The topological polar surface area (TPSA) is 73.1 Å². The lowest BCUT2D eigenvalue weighted by atomic mass is 10.2. The Morgan fingerprint density at radius 2 is 2.38 bits per heavy atom. The Morgan fingerprint density at radius 3 is 2.94 bits per heavy atom. The zero-order valence-electron chi connectivity index (χ0n) is 8.27. The van der Waals surface area contributed by atoms with Gasteiger partial charge in [0.2, 0.25) is 0 Å².